The van der Waals surface area contributed by atoms with Gasteiger partial charge in [0.2, 0.25) is 0 Å². The molecule has 1 aromatic rings. The second-order valence-corrected chi connectivity index (χ2v) is 4.78. The third-order valence-electron chi connectivity index (χ3n) is 3.47. The molecule has 2 rings (SSSR count). The lowest BCUT2D eigenvalue weighted by Gasteiger charge is -2.33. The molecule has 5 heteroatoms. The molecule has 0 saturated carbocycles. The van der Waals surface area contributed by atoms with Crippen molar-refractivity contribution in [2.45, 2.75) is 13.5 Å². The Bertz CT molecular complexity index is 457. The van der Waals surface area contributed by atoms with Crippen molar-refractivity contribution in [1.29, 1.82) is 0 Å². The summed E-state index contributed by atoms with van der Waals surface area (Å²) in [5.41, 5.74) is 1.39. The van der Waals surface area contributed by atoms with E-state index >= 15 is 0 Å². The Morgan fingerprint density at radius 2 is 2.00 bits per heavy atom. The number of hydrogen-bond acceptors (Lipinski definition) is 3. The number of aryl methyl sites for hydroxylation is 1. The van der Waals surface area contributed by atoms with Gasteiger partial charge in [0.15, 0.2) is 0 Å². The molecule has 1 aliphatic heterocycles. The second kappa shape index (κ2) is 6.02. The first-order valence-electron chi connectivity index (χ1n) is 6.41. The second-order valence-electron chi connectivity index (χ2n) is 4.78. The number of nitrogens with zero attached hydrogens (tertiary/aromatic N) is 2. The first kappa shape index (κ1) is 13.8. The molecule has 0 N–H and O–H groups in total. The molecule has 0 aliphatic carbocycles. The summed E-state index contributed by atoms with van der Waals surface area (Å²) >= 11 is 0. The fraction of sp³-hybridized carbons (Fsp3) is 0.500. The van der Waals surface area contributed by atoms with Gasteiger partial charge in [-0.1, -0.05) is 18.2 Å². The summed E-state index contributed by atoms with van der Waals surface area (Å²) in [6.07, 6.45) is -0.290. The van der Waals surface area contributed by atoms with Crippen LogP contribution in [0.1, 0.15) is 11.1 Å². The number of halogens is 1. The Labute approximate surface area is 112 Å². The van der Waals surface area contributed by atoms with Crippen LogP contribution in [0.3, 0.4) is 0 Å². The average Bonchev–Trinajstić information content (AvgIpc) is 2.44. The van der Waals surface area contributed by atoms with Crippen molar-refractivity contribution >= 4 is 6.09 Å². The third-order valence-corrected chi connectivity index (χ3v) is 3.47. The highest BCUT2D eigenvalue weighted by Gasteiger charge is 2.22. The Morgan fingerprint density at radius 3 is 2.63 bits per heavy atom. The SMILES string of the molecule is COC(=O)N1CCN(Cc2cccc(C)c2F)CC1. The van der Waals surface area contributed by atoms with Gasteiger partial charge >= 0.3 is 6.09 Å². The molecule has 0 unspecified atom stereocenters. The predicted molar refractivity (Wildman–Crippen MR) is 70.4 cm³/mol. The maximum atomic E-state index is 13.9. The highest BCUT2D eigenvalue weighted by atomic mass is 19.1. The van der Waals surface area contributed by atoms with Gasteiger partial charge in [-0.25, -0.2) is 9.18 Å². The van der Waals surface area contributed by atoms with Gasteiger partial charge in [-0.3, -0.25) is 4.90 Å². The van der Waals surface area contributed by atoms with Crippen LogP contribution in [-0.2, 0) is 11.3 Å². The first-order chi connectivity index (χ1) is 9.11. The van der Waals surface area contributed by atoms with E-state index in [0.29, 0.717) is 30.8 Å². The molecule has 1 aromatic carbocycles. The minimum atomic E-state index is -0.290. The number of carbonyl (C=O) groups excluding carboxylic acids is 1. The van der Waals surface area contributed by atoms with E-state index in [4.69, 9.17) is 0 Å². The smallest absolute Gasteiger partial charge is 0.409 e. The molecule has 4 nitrogen and oxygen atoms in total. The van der Waals surface area contributed by atoms with Crippen molar-refractivity contribution < 1.29 is 13.9 Å². The number of benzene rings is 1. The summed E-state index contributed by atoms with van der Waals surface area (Å²) in [5, 5.41) is 0. The molecule has 1 aliphatic rings. The van der Waals surface area contributed by atoms with Gasteiger partial charge in [-0.05, 0) is 12.5 Å². The molecule has 1 amide bonds. The van der Waals surface area contributed by atoms with Crippen molar-refractivity contribution in [2.75, 3.05) is 33.3 Å². The van der Waals surface area contributed by atoms with Crippen molar-refractivity contribution in [1.82, 2.24) is 9.80 Å². The van der Waals surface area contributed by atoms with E-state index in [-0.39, 0.29) is 11.9 Å². The van der Waals surface area contributed by atoms with Crippen LogP contribution in [0.15, 0.2) is 18.2 Å². The van der Waals surface area contributed by atoms with Gasteiger partial charge in [-0.15, -0.1) is 0 Å². The van der Waals surface area contributed by atoms with Crippen LogP contribution in [0.4, 0.5) is 9.18 Å². The molecule has 0 atom stereocenters. The Kier molecular flexibility index (Phi) is 4.37. The zero-order valence-electron chi connectivity index (χ0n) is 11.4. The number of carbonyl (C=O) groups is 1. The average molecular weight is 266 g/mol. The van der Waals surface area contributed by atoms with E-state index in [1.807, 2.05) is 12.1 Å². The summed E-state index contributed by atoms with van der Waals surface area (Å²) in [5.74, 6) is -0.127. The summed E-state index contributed by atoms with van der Waals surface area (Å²) in [6, 6.07) is 5.46. The van der Waals surface area contributed by atoms with Crippen LogP contribution in [0.2, 0.25) is 0 Å². The van der Waals surface area contributed by atoms with Crippen LogP contribution < -0.4 is 0 Å². The predicted octanol–water partition coefficient (Wildman–Crippen LogP) is 2.02. The molecule has 0 aromatic heterocycles. The molecular weight excluding hydrogens is 247 g/mol. The zero-order valence-corrected chi connectivity index (χ0v) is 11.4. The topological polar surface area (TPSA) is 32.8 Å². The van der Waals surface area contributed by atoms with Gasteiger partial charge < -0.3 is 9.64 Å². The van der Waals surface area contributed by atoms with E-state index in [9.17, 15) is 9.18 Å². The summed E-state index contributed by atoms with van der Waals surface area (Å²) in [4.78, 5) is 15.2. The van der Waals surface area contributed by atoms with Crippen molar-refractivity contribution in [3.8, 4) is 0 Å². The van der Waals surface area contributed by atoms with Gasteiger partial charge in [0.1, 0.15) is 5.82 Å². The van der Waals surface area contributed by atoms with Crippen molar-refractivity contribution in [3.05, 3.63) is 35.1 Å². The number of methoxy groups -OCH3 is 1. The quantitative estimate of drug-likeness (QED) is 0.821. The maximum Gasteiger partial charge on any atom is 0.409 e. The summed E-state index contributed by atoms with van der Waals surface area (Å²) in [6.45, 7) is 5.09. The van der Waals surface area contributed by atoms with Crippen LogP contribution in [-0.4, -0.2) is 49.2 Å². The summed E-state index contributed by atoms with van der Waals surface area (Å²) in [7, 11) is 1.39. The maximum absolute atomic E-state index is 13.9. The summed E-state index contributed by atoms with van der Waals surface area (Å²) < 4.78 is 18.6. The van der Waals surface area contributed by atoms with E-state index < -0.39 is 0 Å². The van der Waals surface area contributed by atoms with E-state index in [1.54, 1.807) is 17.9 Å². The van der Waals surface area contributed by atoms with Gasteiger partial charge in [-0.2, -0.15) is 0 Å². The van der Waals surface area contributed by atoms with Crippen LogP contribution in [0, 0.1) is 12.7 Å². The lowest BCUT2D eigenvalue weighted by Crippen LogP contribution is -2.48. The van der Waals surface area contributed by atoms with Crippen LogP contribution >= 0.6 is 0 Å². The molecular formula is C14H19FN2O2. The number of hydrogen-bond donors (Lipinski definition) is 0. The lowest BCUT2D eigenvalue weighted by atomic mass is 10.1. The number of amides is 1. The molecule has 0 spiro atoms. The molecule has 1 heterocycles. The van der Waals surface area contributed by atoms with E-state index in [0.717, 1.165) is 13.1 Å². The van der Waals surface area contributed by atoms with Gasteiger partial charge in [0.05, 0.1) is 7.11 Å². The number of piperazine rings is 1. The molecule has 0 bridgehead atoms. The minimum Gasteiger partial charge on any atom is -0.453 e. The fourth-order valence-corrected chi connectivity index (χ4v) is 2.29. The monoisotopic (exact) mass is 266 g/mol. The van der Waals surface area contributed by atoms with Crippen molar-refractivity contribution in [2.24, 2.45) is 0 Å². The normalized spacial score (nSPS) is 16.5. The molecule has 1 fully saturated rings. The largest absolute Gasteiger partial charge is 0.453 e. The first-order valence-corrected chi connectivity index (χ1v) is 6.41. The highest BCUT2D eigenvalue weighted by molar-refractivity contribution is 5.67. The Morgan fingerprint density at radius 1 is 1.32 bits per heavy atom. The molecule has 0 radical (unpaired) electrons. The molecule has 1 saturated heterocycles. The minimum absolute atomic E-state index is 0.127. The number of ether oxygens (including phenoxy) is 1. The van der Waals surface area contributed by atoms with Crippen LogP contribution in [0.5, 0.6) is 0 Å². The molecule has 104 valence electrons. The standard InChI is InChI=1S/C14H19FN2O2/c1-11-4-3-5-12(13(11)15)10-16-6-8-17(9-7-16)14(18)19-2/h3-5H,6-10H2,1-2H3. The number of rotatable bonds is 2. The molecule has 19 heavy (non-hydrogen) atoms. The van der Waals surface area contributed by atoms with Gasteiger partial charge in [0, 0.05) is 38.3 Å². The Hall–Kier alpha value is -1.62. The lowest BCUT2D eigenvalue weighted by molar-refractivity contribution is 0.0885. The van der Waals surface area contributed by atoms with Crippen molar-refractivity contribution in [3.63, 3.8) is 0 Å². The van der Waals surface area contributed by atoms with Gasteiger partial charge in [0.25, 0.3) is 0 Å². The Balaban J connectivity index is 1.92. The van der Waals surface area contributed by atoms with E-state index in [1.165, 1.54) is 7.11 Å². The third kappa shape index (κ3) is 3.23. The van der Waals surface area contributed by atoms with Crippen LogP contribution in [0.25, 0.3) is 0 Å². The fourth-order valence-electron chi connectivity index (χ4n) is 2.29. The highest BCUT2D eigenvalue weighted by Crippen LogP contribution is 2.15. The zero-order chi connectivity index (χ0) is 13.8. The van der Waals surface area contributed by atoms with E-state index in [2.05, 4.69) is 9.64 Å².